The van der Waals surface area contributed by atoms with Crippen LogP contribution in [0.15, 0.2) is 0 Å². The second-order valence-electron chi connectivity index (χ2n) is 6.41. The molecular weight excluding hydrogens is 270 g/mol. The van der Waals surface area contributed by atoms with E-state index in [1.807, 2.05) is 53.5 Å². The Morgan fingerprint density at radius 2 is 1.36 bits per heavy atom. The molecule has 0 spiro atoms. The van der Waals surface area contributed by atoms with E-state index in [-0.39, 0.29) is 0 Å². The van der Waals surface area contributed by atoms with Crippen LogP contribution in [0.4, 0.5) is 0 Å². The van der Waals surface area contributed by atoms with E-state index < -0.39 is 0 Å². The molecule has 2 heteroatoms. The SMILES string of the molecule is CC.CC.CC.CC(C)CCC(=O)N(C)CCCC(C)(C)C. The second kappa shape index (κ2) is 20.5. The third kappa shape index (κ3) is 27.8. The van der Waals surface area contributed by atoms with Gasteiger partial charge in [0, 0.05) is 20.0 Å². The van der Waals surface area contributed by atoms with Gasteiger partial charge < -0.3 is 4.90 Å². The molecule has 0 aromatic heterocycles. The molecule has 0 bridgehead atoms. The Labute approximate surface area is 143 Å². The first-order valence-electron chi connectivity index (χ1n) is 9.46. The molecule has 2 nitrogen and oxygen atoms in total. The van der Waals surface area contributed by atoms with Gasteiger partial charge in [-0.3, -0.25) is 4.79 Å². The van der Waals surface area contributed by atoms with E-state index in [1.54, 1.807) is 0 Å². The van der Waals surface area contributed by atoms with Crippen molar-refractivity contribution in [2.75, 3.05) is 13.6 Å². The first-order chi connectivity index (χ1) is 10.2. The first-order valence-corrected chi connectivity index (χ1v) is 9.46. The van der Waals surface area contributed by atoms with Crippen molar-refractivity contribution in [1.29, 1.82) is 0 Å². The Morgan fingerprint density at radius 3 is 1.68 bits per heavy atom. The Balaban J connectivity index is -0.000000238. The van der Waals surface area contributed by atoms with Crippen molar-refractivity contribution >= 4 is 5.91 Å². The lowest BCUT2D eigenvalue weighted by Gasteiger charge is -2.22. The number of rotatable bonds is 6. The summed E-state index contributed by atoms with van der Waals surface area (Å²) < 4.78 is 0. The molecule has 0 rings (SSSR count). The minimum Gasteiger partial charge on any atom is -0.346 e. The molecule has 0 unspecified atom stereocenters. The number of carbonyl (C=O) groups is 1. The average Bonchev–Trinajstić information content (AvgIpc) is 2.49. The van der Waals surface area contributed by atoms with Gasteiger partial charge in [-0.25, -0.2) is 0 Å². The summed E-state index contributed by atoms with van der Waals surface area (Å²) in [4.78, 5) is 13.6. The van der Waals surface area contributed by atoms with Crippen LogP contribution in [0.25, 0.3) is 0 Å². The summed E-state index contributed by atoms with van der Waals surface area (Å²) in [5.41, 5.74) is 0.377. The summed E-state index contributed by atoms with van der Waals surface area (Å²) in [6.45, 7) is 23.9. The number of hydrogen-bond acceptors (Lipinski definition) is 1. The van der Waals surface area contributed by atoms with Gasteiger partial charge in [0.25, 0.3) is 0 Å². The predicted molar refractivity (Wildman–Crippen MR) is 104 cm³/mol. The smallest absolute Gasteiger partial charge is 0.222 e. The van der Waals surface area contributed by atoms with Crippen molar-refractivity contribution in [2.45, 2.75) is 102 Å². The van der Waals surface area contributed by atoms with Crippen molar-refractivity contribution in [2.24, 2.45) is 11.3 Å². The van der Waals surface area contributed by atoms with Gasteiger partial charge in [-0.05, 0) is 30.6 Å². The fourth-order valence-corrected chi connectivity index (χ4v) is 1.57. The highest BCUT2D eigenvalue weighted by molar-refractivity contribution is 5.75. The molecule has 0 N–H and O–H groups in total. The lowest BCUT2D eigenvalue weighted by Crippen LogP contribution is -2.28. The quantitative estimate of drug-likeness (QED) is 0.528. The summed E-state index contributed by atoms with van der Waals surface area (Å²) >= 11 is 0. The molecule has 0 aliphatic carbocycles. The van der Waals surface area contributed by atoms with E-state index in [0.717, 1.165) is 19.4 Å². The third-order valence-electron chi connectivity index (χ3n) is 2.78. The average molecular weight is 318 g/mol. The summed E-state index contributed by atoms with van der Waals surface area (Å²) in [5.74, 6) is 0.912. The van der Waals surface area contributed by atoms with Crippen LogP contribution in [-0.4, -0.2) is 24.4 Å². The standard InChI is InChI=1S/C14H29NO.3C2H6/c1-12(2)8-9-13(16)15(6)11-7-10-14(3,4)5;3*1-2/h12H,7-11H2,1-6H3;3*1-2H3. The molecule has 0 aliphatic heterocycles. The Hall–Kier alpha value is -0.530. The number of amides is 1. The molecule has 0 aromatic carbocycles. The van der Waals surface area contributed by atoms with Gasteiger partial charge in [-0.15, -0.1) is 0 Å². The van der Waals surface area contributed by atoms with E-state index in [2.05, 4.69) is 34.6 Å². The van der Waals surface area contributed by atoms with Crippen molar-refractivity contribution in [1.82, 2.24) is 4.90 Å². The van der Waals surface area contributed by atoms with Crippen LogP contribution in [0.3, 0.4) is 0 Å². The van der Waals surface area contributed by atoms with Crippen LogP contribution in [-0.2, 0) is 4.79 Å². The van der Waals surface area contributed by atoms with Gasteiger partial charge in [0.1, 0.15) is 0 Å². The van der Waals surface area contributed by atoms with E-state index in [0.29, 0.717) is 23.7 Å². The fraction of sp³-hybridized carbons (Fsp3) is 0.950. The number of carbonyl (C=O) groups excluding carboxylic acids is 1. The van der Waals surface area contributed by atoms with Crippen LogP contribution < -0.4 is 0 Å². The third-order valence-corrected chi connectivity index (χ3v) is 2.78. The van der Waals surface area contributed by atoms with Gasteiger partial charge in [-0.2, -0.15) is 0 Å². The summed E-state index contributed by atoms with van der Waals surface area (Å²) in [6.07, 6.45) is 3.98. The molecule has 0 aliphatic rings. The van der Waals surface area contributed by atoms with E-state index in [9.17, 15) is 4.79 Å². The van der Waals surface area contributed by atoms with Crippen molar-refractivity contribution in [3.63, 3.8) is 0 Å². The molecular formula is C20H47NO. The lowest BCUT2D eigenvalue weighted by atomic mass is 9.90. The number of nitrogens with zero attached hydrogens (tertiary/aromatic N) is 1. The highest BCUT2D eigenvalue weighted by Crippen LogP contribution is 2.20. The van der Waals surface area contributed by atoms with Gasteiger partial charge in [-0.1, -0.05) is 76.2 Å². The highest BCUT2D eigenvalue weighted by atomic mass is 16.2. The maximum Gasteiger partial charge on any atom is 0.222 e. The van der Waals surface area contributed by atoms with Gasteiger partial charge in [0.2, 0.25) is 5.91 Å². The van der Waals surface area contributed by atoms with Crippen LogP contribution in [0.2, 0.25) is 0 Å². The molecule has 0 heterocycles. The molecule has 0 saturated carbocycles. The summed E-state index contributed by atoms with van der Waals surface area (Å²) in [6, 6.07) is 0. The monoisotopic (exact) mass is 317 g/mol. The minimum atomic E-state index is 0.294. The van der Waals surface area contributed by atoms with Crippen molar-refractivity contribution in [3.8, 4) is 0 Å². The van der Waals surface area contributed by atoms with Gasteiger partial charge in [0.05, 0.1) is 0 Å². The van der Waals surface area contributed by atoms with Crippen LogP contribution in [0.5, 0.6) is 0 Å². The van der Waals surface area contributed by atoms with Crippen molar-refractivity contribution < 1.29 is 4.79 Å². The maximum absolute atomic E-state index is 11.7. The number of hydrogen-bond donors (Lipinski definition) is 0. The maximum atomic E-state index is 11.7. The van der Waals surface area contributed by atoms with Crippen LogP contribution >= 0.6 is 0 Å². The molecule has 0 radical (unpaired) electrons. The molecule has 0 aromatic rings. The Kier molecular flexibility index (Phi) is 27.4. The molecule has 22 heavy (non-hydrogen) atoms. The fourth-order valence-electron chi connectivity index (χ4n) is 1.57. The zero-order chi connectivity index (χ0) is 18.8. The lowest BCUT2D eigenvalue weighted by molar-refractivity contribution is -0.130. The van der Waals surface area contributed by atoms with Gasteiger partial charge >= 0.3 is 0 Å². The topological polar surface area (TPSA) is 20.3 Å². The van der Waals surface area contributed by atoms with E-state index >= 15 is 0 Å². The molecule has 0 fully saturated rings. The van der Waals surface area contributed by atoms with Crippen molar-refractivity contribution in [3.05, 3.63) is 0 Å². The molecule has 1 amide bonds. The minimum absolute atomic E-state index is 0.294. The summed E-state index contributed by atoms with van der Waals surface area (Å²) in [7, 11) is 1.92. The predicted octanol–water partition coefficient (Wildman–Crippen LogP) is 6.79. The zero-order valence-corrected chi connectivity index (χ0v) is 18.0. The Morgan fingerprint density at radius 1 is 0.955 bits per heavy atom. The molecule has 138 valence electrons. The Bertz CT molecular complexity index is 204. The highest BCUT2D eigenvalue weighted by Gasteiger charge is 2.12. The van der Waals surface area contributed by atoms with Crippen LogP contribution in [0, 0.1) is 11.3 Å². The van der Waals surface area contributed by atoms with Gasteiger partial charge in [0.15, 0.2) is 0 Å². The zero-order valence-electron chi connectivity index (χ0n) is 18.0. The molecule has 0 saturated heterocycles. The normalized spacial score (nSPS) is 9.50. The van der Waals surface area contributed by atoms with E-state index in [1.165, 1.54) is 6.42 Å². The molecule has 0 atom stereocenters. The second-order valence-corrected chi connectivity index (χ2v) is 6.41. The van der Waals surface area contributed by atoms with Crippen LogP contribution in [0.1, 0.15) is 102 Å². The largest absolute Gasteiger partial charge is 0.346 e. The first kappa shape index (κ1) is 29.5. The van der Waals surface area contributed by atoms with E-state index in [4.69, 9.17) is 0 Å². The summed E-state index contributed by atoms with van der Waals surface area (Å²) in [5, 5.41) is 0.